The molecule has 2 aliphatic heterocycles. The third-order valence-electron chi connectivity index (χ3n) is 4.88. The number of nitrogens with zero attached hydrogens (tertiary/aromatic N) is 1. The first kappa shape index (κ1) is 20.2. The van der Waals surface area contributed by atoms with Gasteiger partial charge in [0.1, 0.15) is 0 Å². The first-order valence-corrected chi connectivity index (χ1v) is 9.79. The van der Waals surface area contributed by atoms with Gasteiger partial charge in [-0.15, -0.1) is 24.2 Å². The largest absolute Gasteiger partial charge is 0.342 e. The Balaban J connectivity index is 0.00000208. The lowest BCUT2D eigenvalue weighted by molar-refractivity contribution is -0.130. The molecule has 1 aromatic rings. The number of hydrogen-bond acceptors (Lipinski definition) is 3. The lowest BCUT2D eigenvalue weighted by Gasteiger charge is -2.24. The summed E-state index contributed by atoms with van der Waals surface area (Å²) in [6.07, 6.45) is 2.22. The molecule has 0 aromatic heterocycles. The van der Waals surface area contributed by atoms with Crippen LogP contribution in [-0.2, 0) is 4.79 Å². The van der Waals surface area contributed by atoms with Gasteiger partial charge in [-0.25, -0.2) is 0 Å². The Labute approximate surface area is 164 Å². The van der Waals surface area contributed by atoms with Crippen LogP contribution in [0.5, 0.6) is 0 Å². The van der Waals surface area contributed by atoms with Crippen molar-refractivity contribution in [3.05, 3.63) is 28.2 Å². The first-order valence-electron chi connectivity index (χ1n) is 8.16. The van der Waals surface area contributed by atoms with E-state index < -0.39 is 0 Å². The number of carbonyl (C=O) groups excluding carboxylic acids is 1. The van der Waals surface area contributed by atoms with Crippen molar-refractivity contribution in [1.29, 1.82) is 0 Å². The quantitative estimate of drug-likeness (QED) is 0.753. The van der Waals surface area contributed by atoms with Crippen molar-refractivity contribution in [3.63, 3.8) is 0 Å². The molecular weight excluding hydrogens is 387 g/mol. The third kappa shape index (κ3) is 4.73. The molecule has 0 bridgehead atoms. The normalized spacial score (nSPS) is 24.7. The van der Waals surface area contributed by atoms with Gasteiger partial charge >= 0.3 is 0 Å². The molecule has 3 nitrogen and oxygen atoms in total. The fourth-order valence-electron chi connectivity index (χ4n) is 3.50. The maximum Gasteiger partial charge on any atom is 0.235 e. The molecule has 0 aliphatic carbocycles. The zero-order valence-corrected chi connectivity index (χ0v) is 16.8. The SMILES string of the molecule is CC(Sc1cc(Cl)ccc1Cl)C(=O)N1CC[C@@H]2CNC[C@@H]2CC1.Cl. The molecule has 1 unspecified atom stereocenters. The Morgan fingerprint density at radius 1 is 1.25 bits per heavy atom. The summed E-state index contributed by atoms with van der Waals surface area (Å²) >= 11 is 13.7. The van der Waals surface area contributed by atoms with Crippen molar-refractivity contribution in [3.8, 4) is 0 Å². The average molecular weight is 410 g/mol. The summed E-state index contributed by atoms with van der Waals surface area (Å²) in [6, 6.07) is 5.38. The molecule has 0 spiro atoms. The molecule has 3 rings (SSSR count). The maximum atomic E-state index is 12.8. The first-order chi connectivity index (χ1) is 11.0. The highest BCUT2D eigenvalue weighted by atomic mass is 35.5. The Kier molecular flexibility index (Phi) is 7.57. The van der Waals surface area contributed by atoms with Crippen molar-refractivity contribution < 1.29 is 4.79 Å². The van der Waals surface area contributed by atoms with Gasteiger partial charge in [0.25, 0.3) is 0 Å². The summed E-state index contributed by atoms with van der Waals surface area (Å²) in [5.41, 5.74) is 0. The van der Waals surface area contributed by atoms with E-state index in [0.717, 1.165) is 55.8 Å². The lowest BCUT2D eigenvalue weighted by Crippen LogP contribution is -2.37. The van der Waals surface area contributed by atoms with E-state index in [1.54, 1.807) is 12.1 Å². The van der Waals surface area contributed by atoms with Crippen molar-refractivity contribution in [2.24, 2.45) is 11.8 Å². The fourth-order valence-corrected chi connectivity index (χ4v) is 5.00. The van der Waals surface area contributed by atoms with E-state index in [0.29, 0.717) is 10.0 Å². The highest BCUT2D eigenvalue weighted by Crippen LogP contribution is 2.34. The molecule has 1 N–H and O–H groups in total. The van der Waals surface area contributed by atoms with E-state index in [4.69, 9.17) is 23.2 Å². The molecule has 3 atom stereocenters. The number of benzene rings is 1. The van der Waals surface area contributed by atoms with Crippen LogP contribution in [0, 0.1) is 11.8 Å². The van der Waals surface area contributed by atoms with E-state index in [1.807, 2.05) is 17.9 Å². The number of carbonyl (C=O) groups is 1. The van der Waals surface area contributed by atoms with Crippen molar-refractivity contribution >= 4 is 53.3 Å². The number of nitrogens with one attached hydrogen (secondary N) is 1. The predicted octanol–water partition coefficient (Wildman–Crippen LogP) is 4.35. The standard InChI is InChI=1S/C17H22Cl2N2OS.ClH/c1-11(23-16-8-14(18)2-3-15(16)19)17(22)21-6-4-12-9-20-10-13(12)5-7-21;/h2-3,8,11-13,20H,4-7,9-10H2,1H3;1H/t11?,12-,13+;. The summed E-state index contributed by atoms with van der Waals surface area (Å²) in [5, 5.41) is 4.61. The number of thioether (sulfide) groups is 1. The van der Waals surface area contributed by atoms with Gasteiger partial charge in [-0.05, 0) is 62.9 Å². The summed E-state index contributed by atoms with van der Waals surface area (Å²) in [7, 11) is 0. The van der Waals surface area contributed by atoms with Gasteiger partial charge < -0.3 is 10.2 Å². The molecule has 2 aliphatic rings. The molecule has 134 valence electrons. The Bertz CT molecular complexity index is 573. The molecule has 0 saturated carbocycles. The van der Waals surface area contributed by atoms with Gasteiger partial charge in [-0.2, -0.15) is 0 Å². The number of rotatable bonds is 3. The Morgan fingerprint density at radius 3 is 2.50 bits per heavy atom. The van der Waals surface area contributed by atoms with Crippen molar-refractivity contribution in [2.45, 2.75) is 29.9 Å². The fraction of sp³-hybridized carbons (Fsp3) is 0.588. The summed E-state index contributed by atoms with van der Waals surface area (Å²) in [4.78, 5) is 15.7. The van der Waals surface area contributed by atoms with Gasteiger partial charge in [-0.1, -0.05) is 23.2 Å². The number of fused-ring (bicyclic) bond motifs is 1. The summed E-state index contributed by atoms with van der Waals surface area (Å²) in [6.45, 7) is 5.91. The van der Waals surface area contributed by atoms with Crippen LogP contribution >= 0.6 is 47.4 Å². The molecule has 2 saturated heterocycles. The van der Waals surface area contributed by atoms with E-state index >= 15 is 0 Å². The predicted molar refractivity (Wildman–Crippen MR) is 105 cm³/mol. The minimum absolute atomic E-state index is 0. The smallest absolute Gasteiger partial charge is 0.235 e. The average Bonchev–Trinajstić information content (AvgIpc) is 2.89. The molecule has 7 heteroatoms. The molecule has 1 amide bonds. The third-order valence-corrected chi connectivity index (χ3v) is 6.70. The monoisotopic (exact) mass is 408 g/mol. The van der Waals surface area contributed by atoms with Crippen LogP contribution in [0.25, 0.3) is 0 Å². The second-order valence-corrected chi connectivity index (χ2v) is 8.64. The molecule has 2 heterocycles. The number of likely N-dealkylation sites (tertiary alicyclic amines) is 1. The molecular formula is C17H23Cl3N2OS. The molecule has 1 aromatic carbocycles. The van der Waals surface area contributed by atoms with Crippen LogP contribution in [0.2, 0.25) is 10.0 Å². The number of amides is 1. The van der Waals surface area contributed by atoms with Gasteiger partial charge in [0.2, 0.25) is 5.91 Å². The van der Waals surface area contributed by atoms with E-state index in [2.05, 4.69) is 5.32 Å². The van der Waals surface area contributed by atoms with Crippen LogP contribution in [0.3, 0.4) is 0 Å². The van der Waals surface area contributed by atoms with Crippen LogP contribution in [-0.4, -0.2) is 42.2 Å². The van der Waals surface area contributed by atoms with Crippen molar-refractivity contribution in [2.75, 3.05) is 26.2 Å². The lowest BCUT2D eigenvalue weighted by atomic mass is 9.92. The molecule has 24 heavy (non-hydrogen) atoms. The highest BCUT2D eigenvalue weighted by molar-refractivity contribution is 8.00. The minimum Gasteiger partial charge on any atom is -0.342 e. The van der Waals surface area contributed by atoms with E-state index in [1.165, 1.54) is 11.8 Å². The number of halogens is 3. The highest BCUT2D eigenvalue weighted by Gasteiger charge is 2.32. The second kappa shape index (κ2) is 9.00. The maximum absolute atomic E-state index is 12.8. The topological polar surface area (TPSA) is 32.3 Å². The van der Waals surface area contributed by atoms with E-state index in [9.17, 15) is 4.79 Å². The van der Waals surface area contributed by atoms with Gasteiger partial charge in [0.15, 0.2) is 0 Å². The summed E-state index contributed by atoms with van der Waals surface area (Å²) in [5.74, 6) is 1.68. The zero-order chi connectivity index (χ0) is 16.4. The van der Waals surface area contributed by atoms with Crippen molar-refractivity contribution in [1.82, 2.24) is 10.2 Å². The van der Waals surface area contributed by atoms with Crippen LogP contribution in [0.15, 0.2) is 23.1 Å². The Morgan fingerprint density at radius 2 is 1.88 bits per heavy atom. The molecule has 0 radical (unpaired) electrons. The second-order valence-electron chi connectivity index (χ2n) is 6.42. The van der Waals surface area contributed by atoms with Crippen LogP contribution in [0.4, 0.5) is 0 Å². The van der Waals surface area contributed by atoms with Gasteiger partial charge in [-0.3, -0.25) is 4.79 Å². The van der Waals surface area contributed by atoms with Gasteiger partial charge in [0, 0.05) is 23.0 Å². The summed E-state index contributed by atoms with van der Waals surface area (Å²) < 4.78 is 0. The van der Waals surface area contributed by atoms with Crippen LogP contribution in [0.1, 0.15) is 19.8 Å². The number of hydrogen-bond donors (Lipinski definition) is 1. The Hall–Kier alpha value is -0.130. The molecule has 2 fully saturated rings. The zero-order valence-electron chi connectivity index (χ0n) is 13.6. The minimum atomic E-state index is -0.151. The van der Waals surface area contributed by atoms with Gasteiger partial charge in [0.05, 0.1) is 10.3 Å². The van der Waals surface area contributed by atoms with E-state index in [-0.39, 0.29) is 23.6 Å². The van der Waals surface area contributed by atoms with Crippen LogP contribution < -0.4 is 5.32 Å².